The molecular weight excluding hydrogens is 252 g/mol. The Hall–Kier alpha value is -1.26. The molecule has 0 atom stereocenters. The number of carbonyl (C=O) groups excluding carboxylic acids is 1. The van der Waals surface area contributed by atoms with Gasteiger partial charge in [0.25, 0.3) is 5.91 Å². The Bertz CT molecular complexity index is 359. The van der Waals surface area contributed by atoms with Gasteiger partial charge in [0.15, 0.2) is 0 Å². The van der Waals surface area contributed by atoms with E-state index in [-0.39, 0.29) is 18.3 Å². The monoisotopic (exact) mass is 272 g/mol. The smallest absolute Gasteiger partial charge is 0.255 e. The zero-order valence-electron chi connectivity index (χ0n) is 10.6. The van der Waals surface area contributed by atoms with Gasteiger partial charge < -0.3 is 15.8 Å². The Kier molecular flexibility index (Phi) is 9.06. The van der Waals surface area contributed by atoms with E-state index >= 15 is 0 Å². The van der Waals surface area contributed by atoms with Crippen LogP contribution in [-0.4, -0.2) is 25.6 Å². The Morgan fingerprint density at radius 3 is 2.78 bits per heavy atom. The van der Waals surface area contributed by atoms with Crippen molar-refractivity contribution in [2.24, 2.45) is 5.73 Å². The molecule has 1 aromatic carbocycles. The minimum atomic E-state index is -0.106. The largest absolute Gasteiger partial charge is 0.493 e. The molecule has 0 aliphatic heterocycles. The lowest BCUT2D eigenvalue weighted by atomic mass is 10.2. The van der Waals surface area contributed by atoms with Crippen molar-refractivity contribution in [2.75, 3.05) is 19.7 Å². The molecule has 4 nitrogen and oxygen atoms in total. The average Bonchev–Trinajstić information content (AvgIpc) is 2.37. The first-order valence-electron chi connectivity index (χ1n) is 5.99. The van der Waals surface area contributed by atoms with E-state index in [1.54, 1.807) is 6.07 Å². The number of hydrogen-bond acceptors (Lipinski definition) is 3. The summed E-state index contributed by atoms with van der Waals surface area (Å²) >= 11 is 0. The molecule has 1 rings (SSSR count). The van der Waals surface area contributed by atoms with E-state index in [2.05, 4.69) is 5.32 Å². The molecule has 18 heavy (non-hydrogen) atoms. The number of ether oxygens (including phenoxy) is 1. The second-order valence-electron chi connectivity index (χ2n) is 3.74. The van der Waals surface area contributed by atoms with Crippen molar-refractivity contribution in [3.05, 3.63) is 29.8 Å². The predicted molar refractivity (Wildman–Crippen MR) is 75.5 cm³/mol. The van der Waals surface area contributed by atoms with Crippen LogP contribution in [0.1, 0.15) is 30.1 Å². The second-order valence-corrected chi connectivity index (χ2v) is 3.74. The Morgan fingerprint density at radius 1 is 1.39 bits per heavy atom. The molecule has 0 radical (unpaired) electrons. The molecule has 1 amide bonds. The minimum absolute atomic E-state index is 0. The number of para-hydroxylation sites is 1. The SMILES string of the molecule is CCCOc1ccccc1C(=O)NCCCN.Cl. The van der Waals surface area contributed by atoms with Crippen molar-refractivity contribution in [1.82, 2.24) is 5.32 Å². The first kappa shape index (κ1) is 16.7. The Morgan fingerprint density at radius 2 is 2.11 bits per heavy atom. The number of hydrogen-bond donors (Lipinski definition) is 2. The minimum Gasteiger partial charge on any atom is -0.493 e. The zero-order valence-corrected chi connectivity index (χ0v) is 11.5. The van der Waals surface area contributed by atoms with Crippen molar-refractivity contribution in [2.45, 2.75) is 19.8 Å². The third kappa shape index (κ3) is 5.38. The highest BCUT2D eigenvalue weighted by Gasteiger charge is 2.10. The van der Waals surface area contributed by atoms with E-state index in [1.807, 2.05) is 25.1 Å². The lowest BCUT2D eigenvalue weighted by Crippen LogP contribution is -2.26. The van der Waals surface area contributed by atoms with E-state index in [4.69, 9.17) is 10.5 Å². The molecule has 102 valence electrons. The maximum Gasteiger partial charge on any atom is 0.255 e. The molecule has 0 unspecified atom stereocenters. The fourth-order valence-electron chi connectivity index (χ4n) is 1.39. The molecular formula is C13H21ClN2O2. The quantitative estimate of drug-likeness (QED) is 0.746. The van der Waals surface area contributed by atoms with Gasteiger partial charge in [-0.25, -0.2) is 0 Å². The Balaban J connectivity index is 0.00000289. The second kappa shape index (κ2) is 9.74. The summed E-state index contributed by atoms with van der Waals surface area (Å²) in [7, 11) is 0. The summed E-state index contributed by atoms with van der Waals surface area (Å²) in [5, 5.41) is 2.82. The summed E-state index contributed by atoms with van der Waals surface area (Å²) in [5.74, 6) is 0.532. The first-order valence-corrected chi connectivity index (χ1v) is 5.99. The van der Waals surface area contributed by atoms with E-state index in [0.717, 1.165) is 12.8 Å². The van der Waals surface area contributed by atoms with Crippen molar-refractivity contribution >= 4 is 18.3 Å². The lowest BCUT2D eigenvalue weighted by molar-refractivity contribution is 0.0949. The predicted octanol–water partition coefficient (Wildman–Crippen LogP) is 1.98. The maximum atomic E-state index is 11.9. The highest BCUT2D eigenvalue weighted by Crippen LogP contribution is 2.17. The maximum absolute atomic E-state index is 11.9. The van der Waals surface area contributed by atoms with Crippen LogP contribution in [0, 0.1) is 0 Å². The van der Waals surface area contributed by atoms with Crippen molar-refractivity contribution in [3.8, 4) is 5.75 Å². The van der Waals surface area contributed by atoms with Gasteiger partial charge in [-0.3, -0.25) is 4.79 Å². The summed E-state index contributed by atoms with van der Waals surface area (Å²) < 4.78 is 5.53. The average molecular weight is 273 g/mol. The standard InChI is InChI=1S/C13H20N2O2.ClH/c1-2-10-17-12-7-4-3-6-11(12)13(16)15-9-5-8-14;/h3-4,6-7H,2,5,8-10,14H2,1H3,(H,15,16);1H. The Labute approximate surface area is 114 Å². The number of benzene rings is 1. The first-order chi connectivity index (χ1) is 8.29. The number of carbonyl (C=O) groups is 1. The topological polar surface area (TPSA) is 64.3 Å². The third-order valence-electron chi connectivity index (χ3n) is 2.26. The van der Waals surface area contributed by atoms with Gasteiger partial charge in [0.05, 0.1) is 12.2 Å². The van der Waals surface area contributed by atoms with Gasteiger partial charge in [-0.05, 0) is 31.5 Å². The summed E-state index contributed by atoms with van der Waals surface area (Å²) in [5.41, 5.74) is 5.95. The molecule has 0 aliphatic carbocycles. The van der Waals surface area contributed by atoms with Gasteiger partial charge >= 0.3 is 0 Å². The lowest BCUT2D eigenvalue weighted by Gasteiger charge is -2.10. The van der Waals surface area contributed by atoms with E-state index in [1.165, 1.54) is 0 Å². The number of halogens is 1. The van der Waals surface area contributed by atoms with Crippen LogP contribution in [0.5, 0.6) is 5.75 Å². The molecule has 0 aliphatic rings. The number of rotatable bonds is 7. The van der Waals surface area contributed by atoms with Crippen LogP contribution in [-0.2, 0) is 0 Å². The number of nitrogens with one attached hydrogen (secondary N) is 1. The van der Waals surface area contributed by atoms with Gasteiger partial charge in [-0.1, -0.05) is 19.1 Å². The van der Waals surface area contributed by atoms with Crippen LogP contribution in [0.25, 0.3) is 0 Å². The normalized spacial score (nSPS) is 9.44. The molecule has 3 N–H and O–H groups in total. The molecule has 0 saturated carbocycles. The van der Waals surface area contributed by atoms with Crippen molar-refractivity contribution in [3.63, 3.8) is 0 Å². The molecule has 0 bridgehead atoms. The fourth-order valence-corrected chi connectivity index (χ4v) is 1.39. The van der Waals surface area contributed by atoms with Crippen LogP contribution in [0.3, 0.4) is 0 Å². The highest BCUT2D eigenvalue weighted by molar-refractivity contribution is 5.96. The van der Waals surface area contributed by atoms with Gasteiger partial charge in [-0.2, -0.15) is 0 Å². The van der Waals surface area contributed by atoms with Gasteiger partial charge in [-0.15, -0.1) is 12.4 Å². The van der Waals surface area contributed by atoms with Gasteiger partial charge in [0.2, 0.25) is 0 Å². The van der Waals surface area contributed by atoms with Crippen LogP contribution in [0.4, 0.5) is 0 Å². The fraction of sp³-hybridized carbons (Fsp3) is 0.462. The van der Waals surface area contributed by atoms with Crippen molar-refractivity contribution < 1.29 is 9.53 Å². The third-order valence-corrected chi connectivity index (χ3v) is 2.26. The van der Waals surface area contributed by atoms with E-state index in [9.17, 15) is 4.79 Å². The van der Waals surface area contributed by atoms with E-state index < -0.39 is 0 Å². The van der Waals surface area contributed by atoms with Gasteiger partial charge in [0, 0.05) is 6.54 Å². The molecule has 1 aromatic rings. The number of amides is 1. The molecule has 5 heteroatoms. The van der Waals surface area contributed by atoms with Crippen LogP contribution < -0.4 is 15.8 Å². The molecule has 0 aromatic heterocycles. The van der Waals surface area contributed by atoms with Crippen LogP contribution >= 0.6 is 12.4 Å². The van der Waals surface area contributed by atoms with E-state index in [0.29, 0.717) is 31.0 Å². The summed E-state index contributed by atoms with van der Waals surface area (Å²) in [4.78, 5) is 11.9. The zero-order chi connectivity index (χ0) is 12.5. The molecule has 0 saturated heterocycles. The summed E-state index contributed by atoms with van der Waals surface area (Å²) in [6.45, 7) is 3.82. The molecule has 0 spiro atoms. The molecule has 0 heterocycles. The van der Waals surface area contributed by atoms with Crippen LogP contribution in [0.15, 0.2) is 24.3 Å². The van der Waals surface area contributed by atoms with Crippen molar-refractivity contribution in [1.29, 1.82) is 0 Å². The highest BCUT2D eigenvalue weighted by atomic mass is 35.5. The number of nitrogens with two attached hydrogens (primary N) is 1. The van der Waals surface area contributed by atoms with Crippen LogP contribution in [0.2, 0.25) is 0 Å². The molecule has 0 fully saturated rings. The summed E-state index contributed by atoms with van der Waals surface area (Å²) in [6.07, 6.45) is 1.70. The summed E-state index contributed by atoms with van der Waals surface area (Å²) in [6, 6.07) is 7.27. The van der Waals surface area contributed by atoms with Gasteiger partial charge in [0.1, 0.15) is 5.75 Å².